The van der Waals surface area contributed by atoms with Crippen LogP contribution in [0.3, 0.4) is 0 Å². The van der Waals surface area contributed by atoms with Crippen LogP contribution in [0.1, 0.15) is 30.0 Å². The highest BCUT2D eigenvalue weighted by atomic mass is 32.2. The standard InChI is InChI=1S/C19H19NO4S/c1-13(11-17-12-16-5-3-4-6-19(16)24-17)20-25(22,23)18-9-7-15(8-10-18)14(2)21/h3-10,12-13,20H,11H2,1-2H3. The second kappa shape index (κ2) is 6.82. The first kappa shape index (κ1) is 17.4. The van der Waals surface area contributed by atoms with Crippen LogP contribution in [0.25, 0.3) is 11.0 Å². The molecule has 2 aromatic carbocycles. The number of carbonyl (C=O) groups is 1. The van der Waals surface area contributed by atoms with Crippen LogP contribution < -0.4 is 4.72 Å². The molecule has 0 fully saturated rings. The molecule has 1 N–H and O–H groups in total. The molecule has 0 saturated heterocycles. The number of furan rings is 1. The molecule has 0 aliphatic carbocycles. The van der Waals surface area contributed by atoms with E-state index in [0.29, 0.717) is 12.0 Å². The number of para-hydroxylation sites is 1. The summed E-state index contributed by atoms with van der Waals surface area (Å²) in [6.07, 6.45) is 0.444. The van der Waals surface area contributed by atoms with Crippen LogP contribution in [0, 0.1) is 0 Å². The maximum atomic E-state index is 12.5. The van der Waals surface area contributed by atoms with Gasteiger partial charge in [0.2, 0.25) is 10.0 Å². The molecule has 1 unspecified atom stereocenters. The second-order valence-electron chi connectivity index (χ2n) is 6.06. The van der Waals surface area contributed by atoms with Crippen LogP contribution in [0.5, 0.6) is 0 Å². The summed E-state index contributed by atoms with van der Waals surface area (Å²) in [6.45, 7) is 3.23. The minimum absolute atomic E-state index is 0.102. The van der Waals surface area contributed by atoms with Crippen LogP contribution in [-0.2, 0) is 16.4 Å². The fourth-order valence-corrected chi connectivity index (χ4v) is 3.93. The van der Waals surface area contributed by atoms with Crippen molar-refractivity contribution in [2.45, 2.75) is 31.2 Å². The van der Waals surface area contributed by atoms with Gasteiger partial charge in [-0.05, 0) is 38.1 Å². The smallest absolute Gasteiger partial charge is 0.240 e. The van der Waals surface area contributed by atoms with Gasteiger partial charge in [0.15, 0.2) is 5.78 Å². The molecule has 0 aliphatic heterocycles. The molecular weight excluding hydrogens is 338 g/mol. The number of rotatable bonds is 6. The molecule has 0 bridgehead atoms. The number of fused-ring (bicyclic) bond motifs is 1. The van der Waals surface area contributed by atoms with Crippen molar-refractivity contribution in [3.05, 3.63) is 65.9 Å². The van der Waals surface area contributed by atoms with E-state index in [9.17, 15) is 13.2 Å². The highest BCUT2D eigenvalue weighted by molar-refractivity contribution is 7.89. The molecule has 0 radical (unpaired) electrons. The fraction of sp³-hybridized carbons (Fsp3) is 0.211. The first-order chi connectivity index (χ1) is 11.8. The molecular formula is C19H19NO4S. The summed E-state index contributed by atoms with van der Waals surface area (Å²) in [6, 6.07) is 15.1. The Bertz CT molecular complexity index is 970. The lowest BCUT2D eigenvalue weighted by Crippen LogP contribution is -2.34. The molecule has 0 saturated carbocycles. The number of carbonyl (C=O) groups excluding carboxylic acids is 1. The summed E-state index contributed by atoms with van der Waals surface area (Å²) >= 11 is 0. The number of benzene rings is 2. The zero-order valence-electron chi connectivity index (χ0n) is 14.0. The van der Waals surface area contributed by atoms with E-state index >= 15 is 0 Å². The van der Waals surface area contributed by atoms with Gasteiger partial charge in [-0.1, -0.05) is 30.3 Å². The molecule has 5 nitrogen and oxygen atoms in total. The topological polar surface area (TPSA) is 76.4 Å². The molecule has 6 heteroatoms. The van der Waals surface area contributed by atoms with Crippen LogP contribution in [-0.4, -0.2) is 20.2 Å². The highest BCUT2D eigenvalue weighted by Gasteiger charge is 2.19. The third kappa shape index (κ3) is 3.97. The van der Waals surface area contributed by atoms with Crippen molar-refractivity contribution in [2.75, 3.05) is 0 Å². The van der Waals surface area contributed by atoms with E-state index in [1.165, 1.54) is 31.2 Å². The van der Waals surface area contributed by atoms with Crippen molar-refractivity contribution in [3.63, 3.8) is 0 Å². The van der Waals surface area contributed by atoms with Gasteiger partial charge in [-0.15, -0.1) is 0 Å². The fourth-order valence-electron chi connectivity index (χ4n) is 2.68. The lowest BCUT2D eigenvalue weighted by Gasteiger charge is -2.13. The van der Waals surface area contributed by atoms with Gasteiger partial charge in [-0.2, -0.15) is 0 Å². The molecule has 25 heavy (non-hydrogen) atoms. The predicted octanol–water partition coefficient (Wildman–Crippen LogP) is 3.54. The first-order valence-electron chi connectivity index (χ1n) is 7.96. The zero-order valence-corrected chi connectivity index (χ0v) is 14.8. The van der Waals surface area contributed by atoms with E-state index < -0.39 is 10.0 Å². The first-order valence-corrected chi connectivity index (χ1v) is 9.44. The van der Waals surface area contributed by atoms with Gasteiger partial charge in [-0.25, -0.2) is 13.1 Å². The van der Waals surface area contributed by atoms with E-state index in [4.69, 9.17) is 4.42 Å². The Hall–Kier alpha value is -2.44. The molecule has 0 aliphatic rings. The second-order valence-corrected chi connectivity index (χ2v) is 7.77. The number of sulfonamides is 1. The van der Waals surface area contributed by atoms with E-state index in [0.717, 1.165) is 16.7 Å². The van der Waals surface area contributed by atoms with Gasteiger partial charge in [0.1, 0.15) is 11.3 Å². The lowest BCUT2D eigenvalue weighted by atomic mass is 10.2. The Balaban J connectivity index is 1.72. The Morgan fingerprint density at radius 2 is 1.80 bits per heavy atom. The van der Waals surface area contributed by atoms with Crippen LogP contribution in [0.2, 0.25) is 0 Å². The number of ketones is 1. The SMILES string of the molecule is CC(=O)c1ccc(S(=O)(=O)NC(C)Cc2cc3ccccc3o2)cc1. The Labute approximate surface area is 146 Å². The van der Waals surface area contributed by atoms with Gasteiger partial charge < -0.3 is 4.42 Å². The quantitative estimate of drug-likeness (QED) is 0.685. The molecule has 0 amide bonds. The van der Waals surface area contributed by atoms with Gasteiger partial charge in [0.25, 0.3) is 0 Å². The Morgan fingerprint density at radius 1 is 1.12 bits per heavy atom. The average Bonchev–Trinajstić information content (AvgIpc) is 2.96. The third-order valence-electron chi connectivity index (χ3n) is 3.91. The maximum Gasteiger partial charge on any atom is 0.240 e. The summed E-state index contributed by atoms with van der Waals surface area (Å²) in [4.78, 5) is 11.4. The van der Waals surface area contributed by atoms with Crippen LogP contribution in [0.15, 0.2) is 63.9 Å². The van der Waals surface area contributed by atoms with Gasteiger partial charge in [-0.3, -0.25) is 4.79 Å². The summed E-state index contributed by atoms with van der Waals surface area (Å²) in [5.74, 6) is 0.624. The van der Waals surface area contributed by atoms with E-state index in [-0.39, 0.29) is 16.7 Å². The van der Waals surface area contributed by atoms with Crippen LogP contribution >= 0.6 is 0 Å². The molecule has 130 valence electrons. The highest BCUT2D eigenvalue weighted by Crippen LogP contribution is 2.20. The summed E-state index contributed by atoms with van der Waals surface area (Å²) < 4.78 is 33.3. The molecule has 3 rings (SSSR count). The molecule has 1 aromatic heterocycles. The molecule has 0 spiro atoms. The minimum Gasteiger partial charge on any atom is -0.461 e. The Morgan fingerprint density at radius 3 is 2.44 bits per heavy atom. The van der Waals surface area contributed by atoms with Crippen molar-refractivity contribution < 1.29 is 17.6 Å². The van der Waals surface area contributed by atoms with Crippen molar-refractivity contribution in [1.29, 1.82) is 0 Å². The minimum atomic E-state index is -3.66. The van der Waals surface area contributed by atoms with Gasteiger partial charge in [0.05, 0.1) is 4.90 Å². The summed E-state index contributed by atoms with van der Waals surface area (Å²) in [5, 5.41) is 0.993. The summed E-state index contributed by atoms with van der Waals surface area (Å²) in [7, 11) is -3.66. The largest absolute Gasteiger partial charge is 0.461 e. The number of Topliss-reactive ketones (excluding diaryl/α,β-unsaturated/α-hetero) is 1. The van der Waals surface area contributed by atoms with E-state index in [1.54, 1.807) is 6.92 Å². The lowest BCUT2D eigenvalue weighted by molar-refractivity contribution is 0.101. The number of hydrogen-bond donors (Lipinski definition) is 1. The number of hydrogen-bond acceptors (Lipinski definition) is 4. The van der Waals surface area contributed by atoms with E-state index in [2.05, 4.69) is 4.72 Å². The molecule has 1 atom stereocenters. The van der Waals surface area contributed by atoms with E-state index in [1.807, 2.05) is 30.3 Å². The zero-order chi connectivity index (χ0) is 18.0. The van der Waals surface area contributed by atoms with Crippen molar-refractivity contribution in [1.82, 2.24) is 4.72 Å². The number of nitrogens with one attached hydrogen (secondary N) is 1. The Kier molecular flexibility index (Phi) is 4.74. The third-order valence-corrected chi connectivity index (χ3v) is 5.52. The molecule has 1 heterocycles. The normalized spacial score (nSPS) is 13.0. The van der Waals surface area contributed by atoms with Crippen molar-refractivity contribution in [2.24, 2.45) is 0 Å². The summed E-state index contributed by atoms with van der Waals surface area (Å²) in [5.41, 5.74) is 1.27. The average molecular weight is 357 g/mol. The van der Waals surface area contributed by atoms with Crippen molar-refractivity contribution >= 4 is 26.8 Å². The van der Waals surface area contributed by atoms with Gasteiger partial charge in [0, 0.05) is 23.4 Å². The van der Waals surface area contributed by atoms with Gasteiger partial charge >= 0.3 is 0 Å². The predicted molar refractivity (Wildman–Crippen MR) is 96.1 cm³/mol. The van der Waals surface area contributed by atoms with Crippen LogP contribution in [0.4, 0.5) is 0 Å². The molecule has 3 aromatic rings. The maximum absolute atomic E-state index is 12.5. The monoisotopic (exact) mass is 357 g/mol. The van der Waals surface area contributed by atoms with Crippen molar-refractivity contribution in [3.8, 4) is 0 Å².